The van der Waals surface area contributed by atoms with E-state index in [2.05, 4.69) is 10.4 Å². The van der Waals surface area contributed by atoms with Crippen LogP contribution in [0.3, 0.4) is 0 Å². The van der Waals surface area contributed by atoms with Crippen LogP contribution in [0.25, 0.3) is 0 Å². The van der Waals surface area contributed by atoms with E-state index in [1.165, 1.54) is 18.3 Å². The molecule has 0 bridgehead atoms. The highest BCUT2D eigenvalue weighted by Crippen LogP contribution is 2.36. The number of nitrogens with one attached hydrogen (secondary N) is 1. The Balaban J connectivity index is 2.57. The van der Waals surface area contributed by atoms with Crippen molar-refractivity contribution >= 4 is 0 Å². The summed E-state index contributed by atoms with van der Waals surface area (Å²) in [5.41, 5.74) is 3.02. The number of alkyl halides is 3. The average molecular weight is 281 g/mol. The molecule has 0 radical (unpaired) electrons. The van der Waals surface area contributed by atoms with Crippen LogP contribution in [0.2, 0.25) is 0 Å². The van der Waals surface area contributed by atoms with Crippen molar-refractivity contribution in [3.8, 4) is 0 Å². The summed E-state index contributed by atoms with van der Waals surface area (Å²) >= 11 is 0. The van der Waals surface area contributed by atoms with Gasteiger partial charge in [0, 0.05) is 6.20 Å². The monoisotopic (exact) mass is 281 g/mol. The zero-order valence-electron chi connectivity index (χ0n) is 10.8. The van der Waals surface area contributed by atoms with Gasteiger partial charge in [0.25, 0.3) is 0 Å². The third-order valence-electron chi connectivity index (χ3n) is 3.07. The van der Waals surface area contributed by atoms with Gasteiger partial charge in [-0.1, -0.05) is 24.3 Å². The van der Waals surface area contributed by atoms with Crippen LogP contribution in [0.15, 0.2) is 42.6 Å². The number of aryl methyl sites for hydroxylation is 1. The molecule has 0 aliphatic heterocycles. The molecule has 0 aliphatic carbocycles. The minimum Gasteiger partial charge on any atom is -0.271 e. The Kier molecular flexibility index (Phi) is 4.06. The molecule has 6 heteroatoms. The Morgan fingerprint density at radius 2 is 1.85 bits per heavy atom. The van der Waals surface area contributed by atoms with E-state index in [1.807, 2.05) is 0 Å². The lowest BCUT2D eigenvalue weighted by molar-refractivity contribution is -0.138. The minimum absolute atomic E-state index is 0.0595. The molecule has 106 valence electrons. The summed E-state index contributed by atoms with van der Waals surface area (Å²) in [6.07, 6.45) is -2.91. The molecule has 2 rings (SSSR count). The van der Waals surface area contributed by atoms with Crippen molar-refractivity contribution in [1.82, 2.24) is 10.4 Å². The van der Waals surface area contributed by atoms with Crippen molar-refractivity contribution in [3.05, 3.63) is 65.0 Å². The number of hydrazine groups is 1. The Morgan fingerprint density at radius 3 is 2.45 bits per heavy atom. The Morgan fingerprint density at radius 1 is 1.15 bits per heavy atom. The minimum atomic E-state index is -4.44. The molecular weight excluding hydrogens is 267 g/mol. The van der Waals surface area contributed by atoms with Crippen LogP contribution in [0, 0.1) is 6.92 Å². The first kappa shape index (κ1) is 14.5. The second kappa shape index (κ2) is 5.60. The molecule has 1 atom stereocenters. The van der Waals surface area contributed by atoms with Gasteiger partial charge >= 0.3 is 6.18 Å². The van der Waals surface area contributed by atoms with E-state index < -0.39 is 17.8 Å². The van der Waals surface area contributed by atoms with Gasteiger partial charge < -0.3 is 0 Å². The third kappa shape index (κ3) is 2.81. The molecule has 0 saturated heterocycles. The first-order chi connectivity index (χ1) is 9.45. The van der Waals surface area contributed by atoms with Crippen molar-refractivity contribution in [1.29, 1.82) is 0 Å². The highest BCUT2D eigenvalue weighted by molar-refractivity contribution is 5.38. The molecule has 1 unspecified atom stereocenters. The zero-order valence-corrected chi connectivity index (χ0v) is 10.8. The van der Waals surface area contributed by atoms with Crippen LogP contribution in [0.1, 0.15) is 28.4 Å². The fourth-order valence-electron chi connectivity index (χ4n) is 2.12. The van der Waals surface area contributed by atoms with Gasteiger partial charge in [-0.05, 0) is 30.2 Å². The number of halogens is 3. The fraction of sp³-hybridized carbons (Fsp3) is 0.214. The van der Waals surface area contributed by atoms with Crippen LogP contribution in [0.5, 0.6) is 0 Å². The standard InChI is InChI=1S/C14H14F3N3/c1-9-5-4-8-19-12(9)13(20-18)10-6-2-3-7-11(10)14(15,16)17/h2-8,13,20H,18H2,1H3. The largest absolute Gasteiger partial charge is 0.416 e. The Bertz CT molecular complexity index is 596. The molecule has 3 N–H and O–H groups in total. The normalized spacial score (nSPS) is 13.2. The van der Waals surface area contributed by atoms with Gasteiger partial charge in [0.05, 0.1) is 17.3 Å². The lowest BCUT2D eigenvalue weighted by Gasteiger charge is -2.21. The zero-order chi connectivity index (χ0) is 14.8. The molecule has 3 nitrogen and oxygen atoms in total. The van der Waals surface area contributed by atoms with E-state index in [0.29, 0.717) is 5.69 Å². The molecule has 0 spiro atoms. The summed E-state index contributed by atoms with van der Waals surface area (Å²) in [6.45, 7) is 1.78. The van der Waals surface area contributed by atoms with Gasteiger partial charge in [-0.25, -0.2) is 5.43 Å². The van der Waals surface area contributed by atoms with Gasteiger partial charge in [-0.3, -0.25) is 10.8 Å². The van der Waals surface area contributed by atoms with Crippen LogP contribution >= 0.6 is 0 Å². The van der Waals surface area contributed by atoms with E-state index in [9.17, 15) is 13.2 Å². The Labute approximate surface area is 114 Å². The maximum absolute atomic E-state index is 13.1. The van der Waals surface area contributed by atoms with Gasteiger partial charge in [-0.15, -0.1) is 0 Å². The predicted octanol–water partition coefficient (Wildman–Crippen LogP) is 2.96. The molecular formula is C14H14F3N3. The summed E-state index contributed by atoms with van der Waals surface area (Å²) in [6, 6.07) is 8.04. The SMILES string of the molecule is Cc1cccnc1C(NN)c1ccccc1C(F)(F)F. The van der Waals surface area contributed by atoms with Gasteiger partial charge in [0.15, 0.2) is 0 Å². The number of rotatable bonds is 3. The number of pyridine rings is 1. The van der Waals surface area contributed by atoms with Gasteiger partial charge in [0.1, 0.15) is 0 Å². The molecule has 1 aromatic carbocycles. The van der Waals surface area contributed by atoms with Crippen molar-refractivity contribution in [2.24, 2.45) is 5.84 Å². The van der Waals surface area contributed by atoms with Gasteiger partial charge in [0.2, 0.25) is 0 Å². The molecule has 0 aliphatic rings. The second-order valence-electron chi connectivity index (χ2n) is 4.39. The number of benzene rings is 1. The van der Waals surface area contributed by atoms with E-state index in [1.54, 1.807) is 25.1 Å². The molecule has 1 aromatic heterocycles. The van der Waals surface area contributed by atoms with E-state index in [-0.39, 0.29) is 5.56 Å². The molecule has 1 heterocycles. The van der Waals surface area contributed by atoms with Crippen LogP contribution < -0.4 is 11.3 Å². The molecule has 0 fully saturated rings. The predicted molar refractivity (Wildman–Crippen MR) is 69.6 cm³/mol. The maximum Gasteiger partial charge on any atom is 0.416 e. The second-order valence-corrected chi connectivity index (χ2v) is 4.39. The maximum atomic E-state index is 13.1. The van der Waals surface area contributed by atoms with Crippen molar-refractivity contribution in [2.45, 2.75) is 19.1 Å². The summed E-state index contributed by atoms with van der Waals surface area (Å²) in [4.78, 5) is 4.14. The number of hydrogen-bond donors (Lipinski definition) is 2. The number of nitrogens with two attached hydrogens (primary N) is 1. The van der Waals surface area contributed by atoms with E-state index >= 15 is 0 Å². The third-order valence-corrected chi connectivity index (χ3v) is 3.07. The van der Waals surface area contributed by atoms with Crippen molar-refractivity contribution < 1.29 is 13.2 Å². The Hall–Kier alpha value is -1.92. The number of aromatic nitrogens is 1. The summed E-state index contributed by atoms with van der Waals surface area (Å²) in [5.74, 6) is 5.46. The van der Waals surface area contributed by atoms with Crippen LogP contribution in [-0.2, 0) is 6.18 Å². The number of hydrogen-bond acceptors (Lipinski definition) is 3. The van der Waals surface area contributed by atoms with E-state index in [4.69, 9.17) is 5.84 Å². The average Bonchev–Trinajstić information content (AvgIpc) is 2.41. The topological polar surface area (TPSA) is 50.9 Å². The van der Waals surface area contributed by atoms with E-state index in [0.717, 1.165) is 11.6 Å². The lowest BCUT2D eigenvalue weighted by atomic mass is 9.95. The first-order valence-corrected chi connectivity index (χ1v) is 5.99. The highest BCUT2D eigenvalue weighted by atomic mass is 19.4. The summed E-state index contributed by atoms with van der Waals surface area (Å²) < 4.78 is 39.2. The quantitative estimate of drug-likeness (QED) is 0.671. The summed E-state index contributed by atoms with van der Waals surface area (Å²) in [7, 11) is 0. The molecule has 20 heavy (non-hydrogen) atoms. The van der Waals surface area contributed by atoms with Crippen molar-refractivity contribution in [3.63, 3.8) is 0 Å². The smallest absolute Gasteiger partial charge is 0.271 e. The van der Waals surface area contributed by atoms with Crippen LogP contribution in [0.4, 0.5) is 13.2 Å². The summed E-state index contributed by atoms with van der Waals surface area (Å²) in [5, 5.41) is 0. The highest BCUT2D eigenvalue weighted by Gasteiger charge is 2.35. The fourth-order valence-corrected chi connectivity index (χ4v) is 2.12. The lowest BCUT2D eigenvalue weighted by Crippen LogP contribution is -2.31. The van der Waals surface area contributed by atoms with Crippen LogP contribution in [-0.4, -0.2) is 4.98 Å². The van der Waals surface area contributed by atoms with Crippen molar-refractivity contribution in [2.75, 3.05) is 0 Å². The molecule has 0 saturated carbocycles. The first-order valence-electron chi connectivity index (χ1n) is 5.99. The number of nitrogens with zero attached hydrogens (tertiary/aromatic N) is 1. The molecule has 2 aromatic rings. The van der Waals surface area contributed by atoms with Gasteiger partial charge in [-0.2, -0.15) is 13.2 Å². The molecule has 0 amide bonds.